The molecule has 0 atom stereocenters. The van der Waals surface area contributed by atoms with Gasteiger partial charge < -0.3 is 10.2 Å². The molecule has 0 bridgehead atoms. The molecule has 1 aliphatic rings. The maximum atomic E-state index is 11.7. The quantitative estimate of drug-likeness (QED) is 0.865. The van der Waals surface area contributed by atoms with Crippen molar-refractivity contribution in [3.8, 4) is 0 Å². The van der Waals surface area contributed by atoms with Crippen LogP contribution in [0, 0.1) is 0 Å². The van der Waals surface area contributed by atoms with E-state index < -0.39 is 0 Å². The molecule has 1 amide bonds. The molecule has 0 aromatic carbocycles. The van der Waals surface area contributed by atoms with Crippen molar-refractivity contribution in [1.29, 1.82) is 0 Å². The average molecular weight is 262 g/mol. The minimum absolute atomic E-state index is 0.187. The van der Waals surface area contributed by atoms with Crippen LogP contribution >= 0.6 is 0 Å². The highest BCUT2D eigenvalue weighted by Gasteiger charge is 2.21. The Balaban J connectivity index is 1.93. The second-order valence-electron chi connectivity index (χ2n) is 4.99. The van der Waals surface area contributed by atoms with Gasteiger partial charge in [-0.15, -0.1) is 0 Å². The van der Waals surface area contributed by atoms with Crippen LogP contribution < -0.4 is 5.32 Å². The Bertz CT molecular complexity index is 435. The van der Waals surface area contributed by atoms with Gasteiger partial charge in [-0.1, -0.05) is 6.92 Å². The van der Waals surface area contributed by atoms with Crippen molar-refractivity contribution in [2.45, 2.75) is 19.9 Å². The smallest absolute Gasteiger partial charge is 0.236 e. The second kappa shape index (κ2) is 6.52. The molecule has 1 aliphatic heterocycles. The van der Waals surface area contributed by atoms with Gasteiger partial charge in [0, 0.05) is 45.1 Å². The van der Waals surface area contributed by atoms with Gasteiger partial charge in [0.25, 0.3) is 0 Å². The van der Waals surface area contributed by atoms with Crippen LogP contribution in [0.4, 0.5) is 5.69 Å². The van der Waals surface area contributed by atoms with E-state index in [0.29, 0.717) is 6.54 Å². The molecule has 5 nitrogen and oxygen atoms in total. The number of hydrogen-bond acceptors (Lipinski definition) is 4. The maximum Gasteiger partial charge on any atom is 0.236 e. The minimum Gasteiger partial charge on any atom is -0.385 e. The molecule has 1 aromatic heterocycles. The Hall–Kier alpha value is -1.62. The fraction of sp³-hybridized carbons (Fsp3) is 0.571. The van der Waals surface area contributed by atoms with Gasteiger partial charge >= 0.3 is 0 Å². The van der Waals surface area contributed by atoms with E-state index in [1.807, 2.05) is 19.3 Å². The topological polar surface area (TPSA) is 48.5 Å². The van der Waals surface area contributed by atoms with Crippen LogP contribution in [0.1, 0.15) is 19.0 Å². The molecule has 1 aromatic rings. The van der Waals surface area contributed by atoms with Gasteiger partial charge in [-0.2, -0.15) is 0 Å². The monoisotopic (exact) mass is 262 g/mol. The summed E-state index contributed by atoms with van der Waals surface area (Å²) in [5, 5.41) is 3.35. The summed E-state index contributed by atoms with van der Waals surface area (Å²) in [5.74, 6) is 0.187. The molecule has 0 unspecified atom stereocenters. The zero-order chi connectivity index (χ0) is 13.7. The lowest BCUT2D eigenvalue weighted by atomic mass is 10.2. The summed E-state index contributed by atoms with van der Waals surface area (Å²) in [6.07, 6.45) is 2.93. The predicted molar refractivity (Wildman–Crippen MR) is 75.9 cm³/mol. The van der Waals surface area contributed by atoms with Gasteiger partial charge in [0.05, 0.1) is 12.2 Å². The lowest BCUT2D eigenvalue weighted by Gasteiger charge is -2.31. The Morgan fingerprint density at radius 3 is 3.00 bits per heavy atom. The zero-order valence-electron chi connectivity index (χ0n) is 11.7. The first-order valence-electron chi connectivity index (χ1n) is 6.84. The van der Waals surface area contributed by atoms with Gasteiger partial charge in [-0.05, 0) is 18.6 Å². The molecule has 0 saturated carbocycles. The second-order valence-corrected chi connectivity index (χ2v) is 4.99. The van der Waals surface area contributed by atoms with Crippen LogP contribution in [0.5, 0.6) is 0 Å². The predicted octanol–water partition coefficient (Wildman–Crippen LogP) is 1.18. The Kier molecular flexibility index (Phi) is 4.74. The van der Waals surface area contributed by atoms with Gasteiger partial charge in [-0.25, -0.2) is 0 Å². The number of hydrogen-bond donors (Lipinski definition) is 1. The number of piperazine rings is 1. The van der Waals surface area contributed by atoms with Crippen molar-refractivity contribution >= 4 is 11.6 Å². The molecule has 2 heterocycles. The molecule has 5 heteroatoms. The standard InChI is InChI=1S/C14H22N4O/c1-3-5-15-12-4-6-16-13(9-12)10-18-8-7-17(2)14(19)11-18/h4,6,9H,3,5,7-8,10-11H2,1-2H3,(H,15,16). The Morgan fingerprint density at radius 1 is 1.42 bits per heavy atom. The number of pyridine rings is 1. The summed E-state index contributed by atoms with van der Waals surface area (Å²) in [7, 11) is 1.85. The van der Waals surface area contributed by atoms with E-state index >= 15 is 0 Å². The third kappa shape index (κ3) is 3.92. The van der Waals surface area contributed by atoms with Gasteiger partial charge in [-0.3, -0.25) is 14.7 Å². The van der Waals surface area contributed by atoms with E-state index in [-0.39, 0.29) is 5.91 Å². The highest BCUT2D eigenvalue weighted by molar-refractivity contribution is 5.78. The van der Waals surface area contributed by atoms with Crippen molar-refractivity contribution < 1.29 is 4.79 Å². The van der Waals surface area contributed by atoms with Crippen LogP contribution in [0.2, 0.25) is 0 Å². The third-order valence-corrected chi connectivity index (χ3v) is 3.32. The van der Waals surface area contributed by atoms with Crippen molar-refractivity contribution in [3.05, 3.63) is 24.0 Å². The largest absolute Gasteiger partial charge is 0.385 e. The van der Waals surface area contributed by atoms with E-state index in [9.17, 15) is 4.79 Å². The number of carbonyl (C=O) groups excluding carboxylic acids is 1. The molecule has 2 rings (SSSR count). The highest BCUT2D eigenvalue weighted by atomic mass is 16.2. The van der Waals surface area contributed by atoms with Crippen LogP contribution in [-0.4, -0.2) is 53.9 Å². The van der Waals surface area contributed by atoms with Crippen molar-refractivity contribution in [1.82, 2.24) is 14.8 Å². The number of anilines is 1. The maximum absolute atomic E-state index is 11.7. The highest BCUT2D eigenvalue weighted by Crippen LogP contribution is 2.11. The Labute approximate surface area is 114 Å². The number of rotatable bonds is 5. The lowest BCUT2D eigenvalue weighted by molar-refractivity contribution is -0.134. The first-order valence-corrected chi connectivity index (χ1v) is 6.84. The van der Waals surface area contributed by atoms with Gasteiger partial charge in [0.1, 0.15) is 0 Å². The molecule has 0 aliphatic carbocycles. The zero-order valence-corrected chi connectivity index (χ0v) is 11.7. The molecular formula is C14H22N4O. The van der Waals surface area contributed by atoms with Gasteiger partial charge in [0.15, 0.2) is 0 Å². The van der Waals surface area contributed by atoms with Crippen LogP contribution in [0.3, 0.4) is 0 Å². The fourth-order valence-electron chi connectivity index (χ4n) is 2.12. The van der Waals surface area contributed by atoms with E-state index in [4.69, 9.17) is 0 Å². The van der Waals surface area contributed by atoms with Crippen LogP contribution in [0.25, 0.3) is 0 Å². The van der Waals surface area contributed by atoms with Crippen molar-refractivity contribution in [3.63, 3.8) is 0 Å². The summed E-state index contributed by atoms with van der Waals surface area (Å²) in [6.45, 7) is 6.05. The lowest BCUT2D eigenvalue weighted by Crippen LogP contribution is -2.48. The molecule has 1 saturated heterocycles. The van der Waals surface area contributed by atoms with Crippen molar-refractivity contribution in [2.24, 2.45) is 0 Å². The van der Waals surface area contributed by atoms with E-state index in [1.54, 1.807) is 4.90 Å². The molecule has 0 spiro atoms. The van der Waals surface area contributed by atoms with Crippen LogP contribution in [-0.2, 0) is 11.3 Å². The summed E-state index contributed by atoms with van der Waals surface area (Å²) >= 11 is 0. The third-order valence-electron chi connectivity index (χ3n) is 3.32. The molecular weight excluding hydrogens is 240 g/mol. The van der Waals surface area contributed by atoms with E-state index in [0.717, 1.165) is 44.0 Å². The molecule has 104 valence electrons. The number of aromatic nitrogens is 1. The number of carbonyl (C=O) groups is 1. The summed E-state index contributed by atoms with van der Waals surface area (Å²) in [6, 6.07) is 4.05. The molecule has 1 fully saturated rings. The number of nitrogens with zero attached hydrogens (tertiary/aromatic N) is 3. The summed E-state index contributed by atoms with van der Waals surface area (Å²) < 4.78 is 0. The summed E-state index contributed by atoms with van der Waals surface area (Å²) in [5.41, 5.74) is 2.12. The van der Waals surface area contributed by atoms with Gasteiger partial charge in [0.2, 0.25) is 5.91 Å². The molecule has 19 heavy (non-hydrogen) atoms. The molecule has 1 N–H and O–H groups in total. The normalized spacial score (nSPS) is 16.7. The fourth-order valence-corrected chi connectivity index (χ4v) is 2.12. The van der Waals surface area contributed by atoms with Crippen molar-refractivity contribution in [2.75, 3.05) is 38.5 Å². The summed E-state index contributed by atoms with van der Waals surface area (Å²) in [4.78, 5) is 20.0. The number of amides is 1. The number of nitrogens with one attached hydrogen (secondary N) is 1. The average Bonchev–Trinajstić information content (AvgIpc) is 2.41. The van der Waals surface area contributed by atoms with E-state index in [2.05, 4.69) is 28.2 Å². The minimum atomic E-state index is 0.187. The number of likely N-dealkylation sites (N-methyl/N-ethyl adjacent to an activating group) is 1. The van der Waals surface area contributed by atoms with E-state index in [1.165, 1.54) is 0 Å². The first-order chi connectivity index (χ1) is 9.19. The Morgan fingerprint density at radius 2 is 2.26 bits per heavy atom. The first kappa shape index (κ1) is 13.8. The van der Waals surface area contributed by atoms with Crippen LogP contribution in [0.15, 0.2) is 18.3 Å². The SMILES string of the molecule is CCCNc1ccnc(CN2CCN(C)C(=O)C2)c1. The molecule has 0 radical (unpaired) electrons.